The minimum atomic E-state index is -1.04. The molecule has 0 saturated carbocycles. The molecule has 1 aliphatic rings. The highest BCUT2D eigenvalue weighted by Gasteiger charge is 2.34. The number of piperazine rings is 1. The first kappa shape index (κ1) is 18.5. The summed E-state index contributed by atoms with van der Waals surface area (Å²) >= 11 is 0. The summed E-state index contributed by atoms with van der Waals surface area (Å²) in [6.07, 6.45) is -0.354. The summed E-state index contributed by atoms with van der Waals surface area (Å²) in [5.41, 5.74) is 0.661. The van der Waals surface area contributed by atoms with E-state index >= 15 is 0 Å². The zero-order valence-electron chi connectivity index (χ0n) is 14.2. The van der Waals surface area contributed by atoms with Gasteiger partial charge >= 0.3 is 0 Å². The molecular weight excluding hydrogens is 356 g/mol. The highest BCUT2D eigenvalue weighted by Crippen LogP contribution is 2.16. The molecule has 0 unspecified atom stereocenters. The van der Waals surface area contributed by atoms with E-state index in [1.54, 1.807) is 0 Å². The number of rotatable bonds is 5. The van der Waals surface area contributed by atoms with Gasteiger partial charge in [-0.15, -0.1) is 0 Å². The predicted octanol–water partition coefficient (Wildman–Crippen LogP) is 1.82. The van der Waals surface area contributed by atoms with Crippen molar-refractivity contribution in [1.29, 1.82) is 0 Å². The van der Waals surface area contributed by atoms with E-state index in [0.29, 0.717) is 6.07 Å². The molecule has 6 nitrogen and oxygen atoms in total. The van der Waals surface area contributed by atoms with Crippen LogP contribution in [0.15, 0.2) is 48.5 Å². The van der Waals surface area contributed by atoms with Crippen molar-refractivity contribution in [2.24, 2.45) is 0 Å². The predicted molar refractivity (Wildman–Crippen MR) is 93.4 cm³/mol. The summed E-state index contributed by atoms with van der Waals surface area (Å²) in [4.78, 5) is 38.0. The molecule has 0 aromatic heterocycles. The fourth-order valence-electron chi connectivity index (χ4n) is 2.83. The highest BCUT2D eigenvalue weighted by atomic mass is 19.1. The van der Waals surface area contributed by atoms with E-state index in [9.17, 15) is 23.2 Å². The second-order valence-electron chi connectivity index (χ2n) is 6.18. The van der Waals surface area contributed by atoms with Crippen LogP contribution in [0.1, 0.15) is 12.0 Å². The summed E-state index contributed by atoms with van der Waals surface area (Å²) in [6.45, 7) is 0.149. The lowest BCUT2D eigenvalue weighted by Crippen LogP contribution is -2.58. The van der Waals surface area contributed by atoms with Crippen LogP contribution in [0.5, 0.6) is 0 Å². The Balaban J connectivity index is 1.65. The van der Waals surface area contributed by atoms with Crippen LogP contribution in [0.2, 0.25) is 0 Å². The fraction of sp³-hybridized carbons (Fsp3) is 0.211. The SMILES string of the molecule is O=C(C[C@H]1NC(=O)CN(Cc2ccccc2)C1=O)Nc1ccc(F)cc1F. The zero-order chi connectivity index (χ0) is 19.4. The van der Waals surface area contributed by atoms with Crippen molar-refractivity contribution in [2.75, 3.05) is 11.9 Å². The Morgan fingerprint density at radius 3 is 2.59 bits per heavy atom. The summed E-state index contributed by atoms with van der Waals surface area (Å²) < 4.78 is 26.6. The van der Waals surface area contributed by atoms with Crippen molar-refractivity contribution < 1.29 is 23.2 Å². The van der Waals surface area contributed by atoms with Crippen LogP contribution in [0.25, 0.3) is 0 Å². The Morgan fingerprint density at radius 1 is 1.15 bits per heavy atom. The molecule has 1 heterocycles. The molecule has 1 atom stereocenters. The molecule has 140 valence electrons. The molecule has 1 aliphatic heterocycles. The zero-order valence-corrected chi connectivity index (χ0v) is 14.2. The van der Waals surface area contributed by atoms with Gasteiger partial charge in [0.05, 0.1) is 18.7 Å². The Hall–Kier alpha value is -3.29. The molecule has 2 N–H and O–H groups in total. The van der Waals surface area contributed by atoms with Crippen molar-refractivity contribution in [1.82, 2.24) is 10.2 Å². The van der Waals surface area contributed by atoms with E-state index in [1.807, 2.05) is 30.3 Å². The van der Waals surface area contributed by atoms with Crippen molar-refractivity contribution in [3.05, 3.63) is 65.7 Å². The second kappa shape index (κ2) is 7.94. The lowest BCUT2D eigenvalue weighted by atomic mass is 10.1. The number of halogens is 2. The van der Waals surface area contributed by atoms with Gasteiger partial charge in [-0.25, -0.2) is 8.78 Å². The smallest absolute Gasteiger partial charge is 0.246 e. The van der Waals surface area contributed by atoms with E-state index in [1.165, 1.54) is 4.90 Å². The topological polar surface area (TPSA) is 78.5 Å². The van der Waals surface area contributed by atoms with E-state index in [0.717, 1.165) is 17.7 Å². The van der Waals surface area contributed by atoms with Crippen molar-refractivity contribution in [3.63, 3.8) is 0 Å². The summed E-state index contributed by atoms with van der Waals surface area (Å²) in [7, 11) is 0. The normalized spacial score (nSPS) is 16.8. The molecule has 3 amide bonds. The monoisotopic (exact) mass is 373 g/mol. The van der Waals surface area contributed by atoms with Crippen LogP contribution in [-0.2, 0) is 20.9 Å². The largest absolute Gasteiger partial charge is 0.342 e. The molecule has 8 heteroatoms. The molecular formula is C19H17F2N3O3. The first-order chi connectivity index (χ1) is 12.9. The van der Waals surface area contributed by atoms with Gasteiger partial charge in [0.1, 0.15) is 17.7 Å². The third kappa shape index (κ3) is 4.66. The highest BCUT2D eigenvalue weighted by molar-refractivity contribution is 6.00. The van der Waals surface area contributed by atoms with Gasteiger partial charge in [0.2, 0.25) is 17.7 Å². The van der Waals surface area contributed by atoms with E-state index < -0.39 is 29.5 Å². The number of carbonyl (C=O) groups excluding carboxylic acids is 3. The van der Waals surface area contributed by atoms with Crippen molar-refractivity contribution in [2.45, 2.75) is 19.0 Å². The van der Waals surface area contributed by atoms with E-state index in [4.69, 9.17) is 0 Å². The molecule has 0 radical (unpaired) electrons. The summed E-state index contributed by atoms with van der Waals surface area (Å²) in [5, 5.41) is 4.76. The number of benzene rings is 2. The van der Waals surface area contributed by atoms with Crippen molar-refractivity contribution >= 4 is 23.4 Å². The maximum Gasteiger partial charge on any atom is 0.246 e. The van der Waals surface area contributed by atoms with Gasteiger partial charge in [0, 0.05) is 12.6 Å². The van der Waals surface area contributed by atoms with Crippen LogP contribution in [0, 0.1) is 11.6 Å². The standard InChI is InChI=1S/C19H17F2N3O3/c20-13-6-7-15(14(21)8-13)22-17(25)9-16-19(27)24(11-18(26)23-16)10-12-4-2-1-3-5-12/h1-8,16H,9-11H2,(H,22,25)(H,23,26)/t16-/m1/s1. The Labute approximate surface area is 154 Å². The van der Waals surface area contributed by atoms with E-state index in [2.05, 4.69) is 10.6 Å². The number of hydrogen-bond donors (Lipinski definition) is 2. The van der Waals surface area contributed by atoms with Crippen molar-refractivity contribution in [3.8, 4) is 0 Å². The molecule has 1 saturated heterocycles. The van der Waals surface area contributed by atoms with Gasteiger partial charge in [-0.1, -0.05) is 30.3 Å². The number of nitrogens with one attached hydrogen (secondary N) is 2. The summed E-state index contributed by atoms with van der Waals surface area (Å²) in [5.74, 6) is -3.13. The van der Waals surface area contributed by atoms with Gasteiger partial charge in [-0.05, 0) is 17.7 Å². The molecule has 1 fully saturated rings. The third-order valence-corrected chi connectivity index (χ3v) is 4.09. The fourth-order valence-corrected chi connectivity index (χ4v) is 2.83. The maximum atomic E-state index is 13.6. The first-order valence-electron chi connectivity index (χ1n) is 8.29. The first-order valence-corrected chi connectivity index (χ1v) is 8.29. The third-order valence-electron chi connectivity index (χ3n) is 4.09. The van der Waals surface area contributed by atoms with Gasteiger partial charge < -0.3 is 15.5 Å². The van der Waals surface area contributed by atoms with E-state index in [-0.39, 0.29) is 31.1 Å². The van der Waals surface area contributed by atoms with Gasteiger partial charge in [-0.3, -0.25) is 14.4 Å². The average Bonchev–Trinajstić information content (AvgIpc) is 2.62. The molecule has 2 aromatic carbocycles. The number of carbonyl (C=O) groups is 3. The number of anilines is 1. The maximum absolute atomic E-state index is 13.6. The van der Waals surface area contributed by atoms with Gasteiger partial charge in [0.25, 0.3) is 0 Å². The Bertz CT molecular complexity index is 874. The average molecular weight is 373 g/mol. The molecule has 0 bridgehead atoms. The molecule has 2 aromatic rings. The minimum Gasteiger partial charge on any atom is -0.342 e. The number of nitrogens with zero attached hydrogens (tertiary/aromatic N) is 1. The second-order valence-corrected chi connectivity index (χ2v) is 6.18. The number of amides is 3. The van der Waals surface area contributed by atoms with Crippen LogP contribution in [-0.4, -0.2) is 35.2 Å². The Kier molecular flexibility index (Phi) is 5.44. The van der Waals surface area contributed by atoms with Crippen LogP contribution < -0.4 is 10.6 Å². The van der Waals surface area contributed by atoms with Gasteiger partial charge in [0.15, 0.2) is 0 Å². The van der Waals surface area contributed by atoms with Gasteiger partial charge in [-0.2, -0.15) is 0 Å². The number of hydrogen-bond acceptors (Lipinski definition) is 3. The van der Waals surface area contributed by atoms with Crippen LogP contribution >= 0.6 is 0 Å². The van der Waals surface area contributed by atoms with Crippen LogP contribution in [0.3, 0.4) is 0 Å². The quantitative estimate of drug-likeness (QED) is 0.839. The molecule has 0 spiro atoms. The molecule has 0 aliphatic carbocycles. The molecule has 27 heavy (non-hydrogen) atoms. The minimum absolute atomic E-state index is 0.0988. The summed E-state index contributed by atoms with van der Waals surface area (Å²) in [6, 6.07) is 10.9. The Morgan fingerprint density at radius 2 is 1.89 bits per heavy atom. The van der Waals surface area contributed by atoms with Crippen LogP contribution in [0.4, 0.5) is 14.5 Å². The lowest BCUT2D eigenvalue weighted by molar-refractivity contribution is -0.145. The molecule has 3 rings (SSSR count). The lowest BCUT2D eigenvalue weighted by Gasteiger charge is -2.32.